The number of thioether (sulfide) groups is 1. The normalized spacial score (nSPS) is 10.3. The summed E-state index contributed by atoms with van der Waals surface area (Å²) in [7, 11) is 0. The van der Waals surface area contributed by atoms with Crippen molar-refractivity contribution in [1.29, 1.82) is 0 Å². The third-order valence-electron chi connectivity index (χ3n) is 1.84. The van der Waals surface area contributed by atoms with Crippen LogP contribution in [0.1, 0.15) is 0 Å². The smallest absolute Gasteiger partial charge is 0.169 e. The number of nitrogens with zero attached hydrogens (tertiary/aromatic N) is 2. The summed E-state index contributed by atoms with van der Waals surface area (Å²) in [5, 5.41) is 3.20. The summed E-state index contributed by atoms with van der Waals surface area (Å²) >= 11 is 3.05. The Morgan fingerprint density at radius 2 is 2.12 bits per heavy atom. The number of halogens is 1. The van der Waals surface area contributed by atoms with E-state index in [4.69, 9.17) is 0 Å². The van der Waals surface area contributed by atoms with Crippen molar-refractivity contribution in [3.05, 3.63) is 36.4 Å². The lowest BCUT2D eigenvalue weighted by molar-refractivity contribution is 0.628. The standard InChI is InChI=1S/C10H10FN3S2/c11-8-1-3-9(4-2-8)12-5-6-15-10-13-7-14-16-10/h1-4,7,12H,5-6H2. The molecule has 1 aromatic carbocycles. The molecule has 0 atom stereocenters. The highest BCUT2D eigenvalue weighted by Gasteiger charge is 1.97. The molecule has 2 aromatic rings. The number of rotatable bonds is 5. The maximum Gasteiger partial charge on any atom is 0.169 e. The molecule has 0 bridgehead atoms. The summed E-state index contributed by atoms with van der Waals surface area (Å²) < 4.78 is 17.5. The third kappa shape index (κ3) is 3.46. The van der Waals surface area contributed by atoms with E-state index in [9.17, 15) is 4.39 Å². The predicted molar refractivity (Wildman–Crippen MR) is 65.5 cm³/mol. The zero-order valence-electron chi connectivity index (χ0n) is 8.39. The Morgan fingerprint density at radius 1 is 1.31 bits per heavy atom. The van der Waals surface area contributed by atoms with Crippen molar-refractivity contribution in [1.82, 2.24) is 9.36 Å². The van der Waals surface area contributed by atoms with Crippen LogP contribution in [0.3, 0.4) is 0 Å². The van der Waals surface area contributed by atoms with Crippen LogP contribution < -0.4 is 5.32 Å². The molecule has 84 valence electrons. The van der Waals surface area contributed by atoms with E-state index in [2.05, 4.69) is 14.7 Å². The number of aromatic nitrogens is 2. The first kappa shape index (κ1) is 11.3. The largest absolute Gasteiger partial charge is 0.384 e. The summed E-state index contributed by atoms with van der Waals surface area (Å²) in [5.41, 5.74) is 0.930. The predicted octanol–water partition coefficient (Wildman–Crippen LogP) is 2.88. The Kier molecular flexibility index (Phi) is 4.12. The highest BCUT2D eigenvalue weighted by atomic mass is 32.2. The second-order valence-electron chi connectivity index (χ2n) is 2.99. The lowest BCUT2D eigenvalue weighted by Gasteiger charge is -2.04. The molecule has 2 rings (SSSR count). The molecule has 0 unspecified atom stereocenters. The van der Waals surface area contributed by atoms with E-state index in [1.165, 1.54) is 23.7 Å². The SMILES string of the molecule is Fc1ccc(NCCSc2ncns2)cc1. The minimum absolute atomic E-state index is 0.214. The lowest BCUT2D eigenvalue weighted by atomic mass is 10.3. The fourth-order valence-electron chi connectivity index (χ4n) is 1.13. The monoisotopic (exact) mass is 255 g/mol. The van der Waals surface area contributed by atoms with E-state index in [-0.39, 0.29) is 5.82 Å². The summed E-state index contributed by atoms with van der Waals surface area (Å²) in [6.45, 7) is 0.815. The van der Waals surface area contributed by atoms with Crippen molar-refractivity contribution < 1.29 is 4.39 Å². The Labute approximate surface area is 101 Å². The van der Waals surface area contributed by atoms with Crippen LogP contribution in [0, 0.1) is 5.82 Å². The van der Waals surface area contributed by atoms with Gasteiger partial charge in [-0.05, 0) is 35.8 Å². The maximum atomic E-state index is 12.6. The number of nitrogens with one attached hydrogen (secondary N) is 1. The van der Waals surface area contributed by atoms with E-state index in [0.29, 0.717) is 0 Å². The van der Waals surface area contributed by atoms with Crippen LogP contribution in [0.15, 0.2) is 34.9 Å². The molecule has 3 nitrogen and oxygen atoms in total. The number of benzene rings is 1. The Hall–Kier alpha value is -1.14. The van der Waals surface area contributed by atoms with Gasteiger partial charge in [0.15, 0.2) is 4.34 Å². The summed E-state index contributed by atoms with van der Waals surface area (Å²) in [6.07, 6.45) is 1.56. The van der Waals surface area contributed by atoms with Gasteiger partial charge in [0.1, 0.15) is 12.1 Å². The van der Waals surface area contributed by atoms with Crippen LogP contribution >= 0.6 is 23.3 Å². The van der Waals surface area contributed by atoms with Crippen molar-refractivity contribution in [3.63, 3.8) is 0 Å². The second kappa shape index (κ2) is 5.81. The minimum Gasteiger partial charge on any atom is -0.384 e. The second-order valence-corrected chi connectivity index (χ2v) is 5.11. The number of hydrogen-bond acceptors (Lipinski definition) is 5. The first-order chi connectivity index (χ1) is 7.84. The molecule has 0 saturated carbocycles. The molecule has 0 aliphatic heterocycles. The molecule has 0 radical (unpaired) electrons. The van der Waals surface area contributed by atoms with Gasteiger partial charge in [0.25, 0.3) is 0 Å². The van der Waals surface area contributed by atoms with Gasteiger partial charge in [0.05, 0.1) is 0 Å². The molecule has 0 aliphatic rings. The quantitative estimate of drug-likeness (QED) is 0.658. The van der Waals surface area contributed by atoms with Gasteiger partial charge in [-0.25, -0.2) is 9.37 Å². The average Bonchev–Trinajstić information content (AvgIpc) is 2.80. The minimum atomic E-state index is -0.214. The highest BCUT2D eigenvalue weighted by molar-refractivity contribution is 8.00. The van der Waals surface area contributed by atoms with Crippen LogP contribution in [0.25, 0.3) is 0 Å². The zero-order valence-corrected chi connectivity index (χ0v) is 10.0. The molecule has 6 heteroatoms. The molecule has 0 aliphatic carbocycles. The molecule has 0 saturated heterocycles. The molecule has 1 aromatic heterocycles. The molecular formula is C10H10FN3S2. The van der Waals surface area contributed by atoms with Crippen LogP contribution in [0.5, 0.6) is 0 Å². The van der Waals surface area contributed by atoms with Gasteiger partial charge in [0.2, 0.25) is 0 Å². The van der Waals surface area contributed by atoms with Crippen LogP contribution in [-0.2, 0) is 0 Å². The molecule has 0 amide bonds. The van der Waals surface area contributed by atoms with Crippen LogP contribution in [0.2, 0.25) is 0 Å². The van der Waals surface area contributed by atoms with Gasteiger partial charge < -0.3 is 5.32 Å². The van der Waals surface area contributed by atoms with E-state index >= 15 is 0 Å². The average molecular weight is 255 g/mol. The van der Waals surface area contributed by atoms with Crippen molar-refractivity contribution in [3.8, 4) is 0 Å². The summed E-state index contributed by atoms with van der Waals surface area (Å²) in [5.74, 6) is 0.695. The third-order valence-corrected chi connectivity index (χ3v) is 3.64. The van der Waals surface area contributed by atoms with Crippen molar-refractivity contribution in [2.45, 2.75) is 4.34 Å². The van der Waals surface area contributed by atoms with Gasteiger partial charge in [-0.2, -0.15) is 4.37 Å². The van der Waals surface area contributed by atoms with Crippen molar-refractivity contribution >= 4 is 29.0 Å². The molecular weight excluding hydrogens is 245 g/mol. The van der Waals surface area contributed by atoms with Crippen molar-refractivity contribution in [2.75, 3.05) is 17.6 Å². The van der Waals surface area contributed by atoms with Gasteiger partial charge in [-0.15, -0.1) is 0 Å². The number of anilines is 1. The lowest BCUT2D eigenvalue weighted by Crippen LogP contribution is -2.03. The van der Waals surface area contributed by atoms with E-state index < -0.39 is 0 Å². The first-order valence-electron chi connectivity index (χ1n) is 4.73. The maximum absolute atomic E-state index is 12.6. The van der Waals surface area contributed by atoms with Gasteiger partial charge in [-0.1, -0.05) is 11.8 Å². The van der Waals surface area contributed by atoms with Gasteiger partial charge >= 0.3 is 0 Å². The zero-order chi connectivity index (χ0) is 11.2. The van der Waals surface area contributed by atoms with Crippen LogP contribution in [-0.4, -0.2) is 21.7 Å². The van der Waals surface area contributed by atoms with Crippen LogP contribution in [0.4, 0.5) is 10.1 Å². The molecule has 1 N–H and O–H groups in total. The van der Waals surface area contributed by atoms with Gasteiger partial charge in [0, 0.05) is 18.0 Å². The number of hydrogen-bond donors (Lipinski definition) is 1. The molecule has 16 heavy (non-hydrogen) atoms. The highest BCUT2D eigenvalue weighted by Crippen LogP contribution is 2.17. The van der Waals surface area contributed by atoms with E-state index in [0.717, 1.165) is 22.3 Å². The van der Waals surface area contributed by atoms with Crippen molar-refractivity contribution in [2.24, 2.45) is 0 Å². The Balaban J connectivity index is 1.70. The topological polar surface area (TPSA) is 37.8 Å². The van der Waals surface area contributed by atoms with Gasteiger partial charge in [-0.3, -0.25) is 0 Å². The van der Waals surface area contributed by atoms with E-state index in [1.54, 1.807) is 30.2 Å². The fourth-order valence-corrected chi connectivity index (χ4v) is 2.50. The first-order valence-corrected chi connectivity index (χ1v) is 6.49. The molecule has 0 spiro atoms. The fraction of sp³-hybridized carbons (Fsp3) is 0.200. The summed E-state index contributed by atoms with van der Waals surface area (Å²) in [4.78, 5) is 4.07. The molecule has 0 fully saturated rings. The van der Waals surface area contributed by atoms with E-state index in [1.807, 2.05) is 0 Å². The summed E-state index contributed by atoms with van der Waals surface area (Å²) in [6, 6.07) is 6.34. The Bertz CT molecular complexity index is 416. The molecule has 1 heterocycles. The Morgan fingerprint density at radius 3 is 2.81 bits per heavy atom.